The molecule has 1 fully saturated rings. The van der Waals surface area contributed by atoms with Crippen LogP contribution in [0.25, 0.3) is 0 Å². The van der Waals surface area contributed by atoms with Crippen LogP contribution >= 0.6 is 0 Å². The number of para-hydroxylation sites is 1. The lowest BCUT2D eigenvalue weighted by molar-refractivity contribution is 0.240. The summed E-state index contributed by atoms with van der Waals surface area (Å²) in [7, 11) is 1.71. The van der Waals surface area contributed by atoms with Crippen LogP contribution in [0, 0.1) is 13.8 Å². The van der Waals surface area contributed by atoms with Gasteiger partial charge in [0.05, 0.1) is 7.11 Å². The molecule has 6 heteroatoms. The number of nitrogens with one attached hydrogen (secondary N) is 2. The quantitative estimate of drug-likeness (QED) is 0.805. The third-order valence-corrected chi connectivity index (χ3v) is 5.30. The van der Waals surface area contributed by atoms with Crippen molar-refractivity contribution in [2.45, 2.75) is 13.8 Å². The molecular weight excluding hydrogens is 352 g/mol. The van der Waals surface area contributed by atoms with E-state index in [-0.39, 0.29) is 6.03 Å². The lowest BCUT2D eigenvalue weighted by atomic mass is 10.1. The molecule has 2 N–H and O–H groups in total. The molecule has 1 heterocycles. The van der Waals surface area contributed by atoms with E-state index in [1.807, 2.05) is 43.3 Å². The summed E-state index contributed by atoms with van der Waals surface area (Å²) in [4.78, 5) is 16.9. The second kappa shape index (κ2) is 9.46. The molecule has 0 atom stereocenters. The van der Waals surface area contributed by atoms with Gasteiger partial charge in [-0.25, -0.2) is 4.79 Å². The number of amides is 2. The lowest BCUT2D eigenvalue weighted by Crippen LogP contribution is -2.48. The van der Waals surface area contributed by atoms with Crippen LogP contribution in [-0.4, -0.2) is 57.3 Å². The average Bonchev–Trinajstić information content (AvgIpc) is 2.71. The molecule has 28 heavy (non-hydrogen) atoms. The number of piperazine rings is 1. The van der Waals surface area contributed by atoms with Crippen LogP contribution in [-0.2, 0) is 0 Å². The van der Waals surface area contributed by atoms with Gasteiger partial charge >= 0.3 is 6.03 Å². The second-order valence-electron chi connectivity index (χ2n) is 7.13. The Hall–Kier alpha value is -2.73. The maximum atomic E-state index is 12.1. The normalized spacial score (nSPS) is 14.6. The van der Waals surface area contributed by atoms with Gasteiger partial charge in [-0.2, -0.15) is 0 Å². The van der Waals surface area contributed by atoms with Crippen LogP contribution in [0.5, 0.6) is 5.75 Å². The Bertz CT molecular complexity index is 801. The number of carbonyl (C=O) groups is 1. The molecule has 150 valence electrons. The van der Waals surface area contributed by atoms with E-state index in [0.717, 1.165) is 49.7 Å². The van der Waals surface area contributed by atoms with Crippen molar-refractivity contribution in [2.75, 3.05) is 56.6 Å². The number of aryl methyl sites for hydroxylation is 1. The zero-order valence-electron chi connectivity index (χ0n) is 17.0. The van der Waals surface area contributed by atoms with Crippen molar-refractivity contribution in [3.63, 3.8) is 0 Å². The number of ether oxygens (including phenoxy) is 1. The van der Waals surface area contributed by atoms with Crippen molar-refractivity contribution in [1.29, 1.82) is 0 Å². The number of nitrogens with zero attached hydrogens (tertiary/aromatic N) is 2. The number of benzene rings is 2. The molecule has 0 aromatic heterocycles. The maximum absolute atomic E-state index is 12.1. The van der Waals surface area contributed by atoms with Gasteiger partial charge in [0, 0.05) is 56.2 Å². The summed E-state index contributed by atoms with van der Waals surface area (Å²) in [6, 6.07) is 13.8. The summed E-state index contributed by atoms with van der Waals surface area (Å²) in [6.45, 7) is 9.50. The van der Waals surface area contributed by atoms with Gasteiger partial charge in [0.25, 0.3) is 0 Å². The van der Waals surface area contributed by atoms with Crippen LogP contribution in [0.1, 0.15) is 11.1 Å². The van der Waals surface area contributed by atoms with E-state index in [1.54, 1.807) is 7.11 Å². The van der Waals surface area contributed by atoms with E-state index >= 15 is 0 Å². The monoisotopic (exact) mass is 382 g/mol. The molecule has 0 saturated carbocycles. The molecule has 1 aliphatic heterocycles. The summed E-state index contributed by atoms with van der Waals surface area (Å²) in [5.74, 6) is 0.934. The van der Waals surface area contributed by atoms with Crippen molar-refractivity contribution in [3.05, 3.63) is 53.6 Å². The van der Waals surface area contributed by atoms with Crippen molar-refractivity contribution < 1.29 is 9.53 Å². The number of carbonyl (C=O) groups excluding carboxylic acids is 1. The van der Waals surface area contributed by atoms with Gasteiger partial charge in [0.15, 0.2) is 0 Å². The smallest absolute Gasteiger partial charge is 0.319 e. The van der Waals surface area contributed by atoms with Crippen molar-refractivity contribution in [3.8, 4) is 5.75 Å². The van der Waals surface area contributed by atoms with Gasteiger partial charge in [-0.1, -0.05) is 24.3 Å². The topological polar surface area (TPSA) is 56.8 Å². The lowest BCUT2D eigenvalue weighted by Gasteiger charge is -2.37. The summed E-state index contributed by atoms with van der Waals surface area (Å²) >= 11 is 0. The van der Waals surface area contributed by atoms with Gasteiger partial charge < -0.3 is 20.3 Å². The van der Waals surface area contributed by atoms with Crippen molar-refractivity contribution in [2.24, 2.45) is 0 Å². The summed E-state index contributed by atoms with van der Waals surface area (Å²) < 4.78 is 5.44. The molecule has 1 aliphatic rings. The van der Waals surface area contributed by atoms with Gasteiger partial charge in [-0.3, -0.25) is 4.90 Å². The number of anilines is 2. The first kappa shape index (κ1) is 20.0. The van der Waals surface area contributed by atoms with E-state index in [9.17, 15) is 4.79 Å². The molecule has 0 bridgehead atoms. The Labute approximate surface area is 167 Å². The van der Waals surface area contributed by atoms with Crippen LogP contribution in [0.3, 0.4) is 0 Å². The Morgan fingerprint density at radius 2 is 1.79 bits per heavy atom. The van der Waals surface area contributed by atoms with Crippen LogP contribution in [0.15, 0.2) is 42.5 Å². The Kier molecular flexibility index (Phi) is 6.76. The Balaban J connectivity index is 1.41. The standard InChI is InChI=1S/C22H30N4O2/c1-17-7-4-5-8-19(17)24-22(27)23-11-12-25-13-15-26(16-14-25)20-9-6-10-21(28-3)18(20)2/h4-10H,11-16H2,1-3H3,(H2,23,24,27). The highest BCUT2D eigenvalue weighted by Crippen LogP contribution is 2.28. The molecule has 2 aromatic rings. The number of hydrogen-bond acceptors (Lipinski definition) is 4. The summed E-state index contributed by atoms with van der Waals surface area (Å²) in [6.07, 6.45) is 0. The zero-order chi connectivity index (χ0) is 19.9. The first-order chi connectivity index (χ1) is 13.6. The average molecular weight is 383 g/mol. The maximum Gasteiger partial charge on any atom is 0.319 e. The molecule has 0 spiro atoms. The van der Waals surface area contributed by atoms with E-state index in [1.165, 1.54) is 11.3 Å². The molecule has 6 nitrogen and oxygen atoms in total. The van der Waals surface area contributed by atoms with Crippen LogP contribution < -0.4 is 20.3 Å². The predicted octanol–water partition coefficient (Wildman–Crippen LogP) is 3.26. The minimum atomic E-state index is -0.153. The van der Waals surface area contributed by atoms with E-state index in [4.69, 9.17) is 4.74 Å². The molecule has 0 radical (unpaired) electrons. The van der Waals surface area contributed by atoms with E-state index < -0.39 is 0 Å². The van der Waals surface area contributed by atoms with Crippen LogP contribution in [0.4, 0.5) is 16.2 Å². The zero-order valence-corrected chi connectivity index (χ0v) is 17.0. The number of hydrogen-bond donors (Lipinski definition) is 2. The van der Waals surface area contributed by atoms with E-state index in [0.29, 0.717) is 6.54 Å². The van der Waals surface area contributed by atoms with Crippen molar-refractivity contribution in [1.82, 2.24) is 10.2 Å². The number of rotatable bonds is 6. The first-order valence-electron chi connectivity index (χ1n) is 9.80. The van der Waals surface area contributed by atoms with Gasteiger partial charge in [-0.05, 0) is 37.6 Å². The fourth-order valence-corrected chi connectivity index (χ4v) is 3.59. The molecule has 2 aromatic carbocycles. The second-order valence-corrected chi connectivity index (χ2v) is 7.13. The Morgan fingerprint density at radius 3 is 2.50 bits per heavy atom. The largest absolute Gasteiger partial charge is 0.496 e. The third-order valence-electron chi connectivity index (χ3n) is 5.30. The SMILES string of the molecule is COc1cccc(N2CCN(CCNC(=O)Nc3ccccc3C)CC2)c1C. The molecule has 0 aliphatic carbocycles. The Morgan fingerprint density at radius 1 is 1.04 bits per heavy atom. The molecular formula is C22H30N4O2. The minimum Gasteiger partial charge on any atom is -0.496 e. The minimum absolute atomic E-state index is 0.153. The van der Waals surface area contributed by atoms with Gasteiger partial charge in [0.2, 0.25) is 0 Å². The fourth-order valence-electron chi connectivity index (χ4n) is 3.59. The van der Waals surface area contributed by atoms with Crippen molar-refractivity contribution >= 4 is 17.4 Å². The number of methoxy groups -OCH3 is 1. The molecule has 2 amide bonds. The van der Waals surface area contributed by atoms with Crippen LogP contribution in [0.2, 0.25) is 0 Å². The predicted molar refractivity (Wildman–Crippen MR) is 115 cm³/mol. The first-order valence-corrected chi connectivity index (χ1v) is 9.80. The highest BCUT2D eigenvalue weighted by molar-refractivity contribution is 5.89. The van der Waals surface area contributed by atoms with E-state index in [2.05, 4.69) is 33.4 Å². The molecule has 1 saturated heterocycles. The summed E-state index contributed by atoms with van der Waals surface area (Å²) in [5, 5.41) is 5.86. The van der Waals surface area contributed by atoms with Gasteiger partial charge in [-0.15, -0.1) is 0 Å². The summed E-state index contributed by atoms with van der Waals surface area (Å²) in [5.41, 5.74) is 4.34. The van der Waals surface area contributed by atoms with Gasteiger partial charge in [0.1, 0.15) is 5.75 Å². The highest BCUT2D eigenvalue weighted by Gasteiger charge is 2.19. The molecule has 0 unspecified atom stereocenters. The fraction of sp³-hybridized carbons (Fsp3) is 0.409. The molecule has 3 rings (SSSR count). The number of urea groups is 1. The third kappa shape index (κ3) is 4.95. The highest BCUT2D eigenvalue weighted by atomic mass is 16.5.